The van der Waals surface area contributed by atoms with Crippen LogP contribution in [0.2, 0.25) is 0 Å². The highest BCUT2D eigenvalue weighted by Crippen LogP contribution is 2.15. The Morgan fingerprint density at radius 3 is 2.50 bits per heavy atom. The summed E-state index contributed by atoms with van der Waals surface area (Å²) in [5, 5.41) is 0.0669. The summed E-state index contributed by atoms with van der Waals surface area (Å²) in [5.74, 6) is 0. The molecule has 1 aromatic heterocycles. The fraction of sp³-hybridized carbons (Fsp3) is 0.308. The zero-order valence-corrected chi connectivity index (χ0v) is 12.3. The first-order valence-corrected chi connectivity index (χ1v) is 7.70. The van der Waals surface area contributed by atoms with Crippen LogP contribution >= 0.6 is 0 Å². The molecule has 0 saturated heterocycles. The van der Waals surface area contributed by atoms with Gasteiger partial charge in [0.2, 0.25) is 0 Å². The zero-order valence-electron chi connectivity index (χ0n) is 11.5. The van der Waals surface area contributed by atoms with Crippen molar-refractivity contribution in [3.05, 3.63) is 42.4 Å². The van der Waals surface area contributed by atoms with E-state index in [0.29, 0.717) is 12.2 Å². The van der Waals surface area contributed by atoms with Gasteiger partial charge in [-0.05, 0) is 24.6 Å². The molecule has 0 aliphatic heterocycles. The Morgan fingerprint density at radius 1 is 1.30 bits per heavy atom. The van der Waals surface area contributed by atoms with Crippen LogP contribution < -0.4 is 5.73 Å². The minimum absolute atomic E-state index is 0.0669. The van der Waals surface area contributed by atoms with Crippen LogP contribution in [0, 0.1) is 0 Å². The number of hydrogen-bond acceptors (Lipinski definition) is 4. The lowest BCUT2D eigenvalue weighted by Gasteiger charge is -2.15. The van der Waals surface area contributed by atoms with Gasteiger partial charge < -0.3 is 10.3 Å². The molecule has 2 rings (SSSR count). The summed E-state index contributed by atoms with van der Waals surface area (Å²) < 4.78 is 27.7. The van der Waals surface area contributed by atoms with E-state index in [4.69, 9.17) is 5.73 Å². The zero-order chi connectivity index (χ0) is 14.8. The molecule has 0 fully saturated rings. The molecule has 108 valence electrons. The molecule has 0 saturated carbocycles. The molecule has 0 radical (unpaired) electrons. The molecule has 2 N–H and O–H groups in total. The molecule has 6 nitrogen and oxygen atoms in total. The quantitative estimate of drug-likeness (QED) is 0.843. The fourth-order valence-corrected chi connectivity index (χ4v) is 2.86. The van der Waals surface area contributed by atoms with E-state index in [0.717, 1.165) is 5.56 Å². The highest BCUT2D eigenvalue weighted by atomic mass is 32.2. The topological polar surface area (TPSA) is 81.2 Å². The molecule has 2 aromatic rings. The van der Waals surface area contributed by atoms with Crippen molar-refractivity contribution in [2.24, 2.45) is 0 Å². The number of nitrogens with two attached hydrogens (primary N) is 1. The van der Waals surface area contributed by atoms with E-state index in [1.807, 2.05) is 19.1 Å². The van der Waals surface area contributed by atoms with Crippen LogP contribution in [0.4, 0.5) is 5.69 Å². The van der Waals surface area contributed by atoms with Crippen LogP contribution in [0.15, 0.2) is 41.8 Å². The highest BCUT2D eigenvalue weighted by Gasteiger charge is 2.23. The van der Waals surface area contributed by atoms with Crippen molar-refractivity contribution in [3.8, 4) is 0 Å². The lowest BCUT2D eigenvalue weighted by atomic mass is 10.2. The van der Waals surface area contributed by atoms with Crippen molar-refractivity contribution >= 4 is 15.7 Å². The second-order valence-electron chi connectivity index (χ2n) is 4.55. The first-order valence-electron chi connectivity index (χ1n) is 6.26. The Labute approximate surface area is 118 Å². The Hall–Kier alpha value is -1.86. The molecule has 0 amide bonds. The molecule has 0 spiro atoms. The average molecular weight is 294 g/mol. The Bertz CT molecular complexity index is 677. The molecular formula is C13H18N4O2S. The third kappa shape index (κ3) is 3.00. The van der Waals surface area contributed by atoms with Gasteiger partial charge >= 0.3 is 0 Å². The second-order valence-corrected chi connectivity index (χ2v) is 6.54. The number of imidazole rings is 1. The van der Waals surface area contributed by atoms with Gasteiger partial charge in [0.15, 0.2) is 5.03 Å². The minimum atomic E-state index is -3.57. The number of nitrogens with zero attached hydrogens (tertiary/aromatic N) is 3. The molecule has 0 aliphatic rings. The molecule has 20 heavy (non-hydrogen) atoms. The maximum Gasteiger partial charge on any atom is 0.262 e. The van der Waals surface area contributed by atoms with Gasteiger partial charge in [0, 0.05) is 32.0 Å². The van der Waals surface area contributed by atoms with Gasteiger partial charge in [0.05, 0.1) is 6.33 Å². The summed E-state index contributed by atoms with van der Waals surface area (Å²) in [6, 6.07) is 7.13. The molecule has 1 aromatic carbocycles. The smallest absolute Gasteiger partial charge is 0.262 e. The third-order valence-corrected chi connectivity index (χ3v) is 4.72. The first kappa shape index (κ1) is 14.5. The van der Waals surface area contributed by atoms with Gasteiger partial charge in [-0.1, -0.05) is 12.1 Å². The molecular weight excluding hydrogens is 276 g/mol. The molecule has 0 bridgehead atoms. The number of rotatable bonds is 5. The number of hydrogen-bond donors (Lipinski definition) is 1. The maximum atomic E-state index is 12.4. The van der Waals surface area contributed by atoms with Crippen LogP contribution in [0.3, 0.4) is 0 Å². The third-order valence-electron chi connectivity index (χ3n) is 3.03. The predicted molar refractivity (Wildman–Crippen MR) is 77.4 cm³/mol. The largest absolute Gasteiger partial charge is 0.399 e. The van der Waals surface area contributed by atoms with E-state index in [1.165, 1.54) is 23.9 Å². The maximum absolute atomic E-state index is 12.4. The summed E-state index contributed by atoms with van der Waals surface area (Å²) in [6.07, 6.45) is 3.05. The van der Waals surface area contributed by atoms with Crippen molar-refractivity contribution in [3.63, 3.8) is 0 Å². The Balaban J connectivity index is 2.18. The monoisotopic (exact) mass is 294 g/mol. The summed E-state index contributed by atoms with van der Waals surface area (Å²) >= 11 is 0. The molecule has 7 heteroatoms. The summed E-state index contributed by atoms with van der Waals surface area (Å²) in [6.45, 7) is 2.89. The van der Waals surface area contributed by atoms with Crippen molar-refractivity contribution in [1.29, 1.82) is 0 Å². The van der Waals surface area contributed by atoms with Gasteiger partial charge in [-0.15, -0.1) is 0 Å². The number of benzene rings is 1. The molecule has 0 unspecified atom stereocenters. The molecule has 1 heterocycles. The van der Waals surface area contributed by atoms with Gasteiger partial charge in [-0.25, -0.2) is 13.4 Å². The number of aromatic nitrogens is 2. The van der Waals surface area contributed by atoms with Gasteiger partial charge in [-0.3, -0.25) is 0 Å². The van der Waals surface area contributed by atoms with Gasteiger partial charge in [0.25, 0.3) is 10.0 Å². The number of anilines is 1. The molecule has 0 aliphatic carbocycles. The summed E-state index contributed by atoms with van der Waals surface area (Å²) in [4.78, 5) is 3.95. The van der Waals surface area contributed by atoms with E-state index in [9.17, 15) is 8.42 Å². The van der Waals surface area contributed by atoms with Crippen LogP contribution in [0.1, 0.15) is 12.5 Å². The lowest BCUT2D eigenvalue weighted by molar-refractivity contribution is 0.464. The minimum Gasteiger partial charge on any atom is -0.399 e. The van der Waals surface area contributed by atoms with Crippen molar-refractivity contribution in [2.75, 3.05) is 12.8 Å². The van der Waals surface area contributed by atoms with Crippen LogP contribution in [0.25, 0.3) is 0 Å². The highest BCUT2D eigenvalue weighted by molar-refractivity contribution is 7.89. The standard InChI is InChI=1S/C13H18N4O2S/c1-3-17-9-13(15-10-17)20(18,19)16(2)8-11-4-6-12(14)7-5-11/h4-7,9-10H,3,8,14H2,1-2H3. The van der Waals surface area contributed by atoms with Gasteiger partial charge in [0.1, 0.15) is 0 Å². The van der Waals surface area contributed by atoms with Crippen molar-refractivity contribution < 1.29 is 8.42 Å². The SMILES string of the molecule is CCn1cnc(S(=O)(=O)N(C)Cc2ccc(N)cc2)c1. The Kier molecular flexibility index (Phi) is 4.10. The number of nitrogen functional groups attached to an aromatic ring is 1. The summed E-state index contributed by atoms with van der Waals surface area (Å²) in [5.41, 5.74) is 7.14. The second kappa shape index (κ2) is 5.64. The number of sulfonamides is 1. The lowest BCUT2D eigenvalue weighted by Crippen LogP contribution is -2.26. The normalized spacial score (nSPS) is 11.9. The predicted octanol–water partition coefficient (Wildman–Crippen LogP) is 1.31. The first-order chi connectivity index (χ1) is 9.43. The summed E-state index contributed by atoms with van der Waals surface area (Å²) in [7, 11) is -2.03. The average Bonchev–Trinajstić information content (AvgIpc) is 2.90. The van der Waals surface area contributed by atoms with E-state index < -0.39 is 10.0 Å². The molecule has 0 atom stereocenters. The van der Waals surface area contributed by atoms with E-state index in [1.54, 1.807) is 16.7 Å². The van der Waals surface area contributed by atoms with E-state index >= 15 is 0 Å². The van der Waals surface area contributed by atoms with E-state index in [2.05, 4.69) is 4.98 Å². The van der Waals surface area contributed by atoms with E-state index in [-0.39, 0.29) is 11.6 Å². The van der Waals surface area contributed by atoms with Crippen LogP contribution in [-0.2, 0) is 23.1 Å². The van der Waals surface area contributed by atoms with Crippen molar-refractivity contribution in [1.82, 2.24) is 13.9 Å². The Morgan fingerprint density at radius 2 is 1.95 bits per heavy atom. The van der Waals surface area contributed by atoms with Crippen molar-refractivity contribution in [2.45, 2.75) is 25.0 Å². The van der Waals surface area contributed by atoms with Crippen LogP contribution in [0.5, 0.6) is 0 Å². The van der Waals surface area contributed by atoms with Gasteiger partial charge in [-0.2, -0.15) is 4.31 Å². The van der Waals surface area contributed by atoms with Crippen LogP contribution in [-0.4, -0.2) is 29.3 Å². The fourth-order valence-electron chi connectivity index (χ4n) is 1.77. The number of aryl methyl sites for hydroxylation is 1.